The van der Waals surface area contributed by atoms with Crippen LogP contribution in [0.15, 0.2) is 10.3 Å². The van der Waals surface area contributed by atoms with Crippen LogP contribution in [-0.4, -0.2) is 52.5 Å². The highest BCUT2D eigenvalue weighted by molar-refractivity contribution is 8.00. The first-order chi connectivity index (χ1) is 12.9. The van der Waals surface area contributed by atoms with E-state index in [9.17, 15) is 9.59 Å². The van der Waals surface area contributed by atoms with Crippen molar-refractivity contribution >= 4 is 68.3 Å². The SMILES string of the molecule is Cc1sc2c(c1C)c1nnc(SCC(N)=O)n1c1nnc(SCC(N)=O)n21. The summed E-state index contributed by atoms with van der Waals surface area (Å²) in [5, 5.41) is 19.0. The van der Waals surface area contributed by atoms with Crippen molar-refractivity contribution in [3.05, 3.63) is 10.4 Å². The Bertz CT molecular complexity index is 1220. The Morgan fingerprint density at radius 3 is 2.19 bits per heavy atom. The second kappa shape index (κ2) is 6.65. The van der Waals surface area contributed by atoms with Gasteiger partial charge in [0.1, 0.15) is 4.83 Å². The minimum absolute atomic E-state index is 0.0735. The number of hydrogen-bond acceptors (Lipinski definition) is 9. The van der Waals surface area contributed by atoms with Gasteiger partial charge in [-0.1, -0.05) is 23.5 Å². The zero-order valence-corrected chi connectivity index (χ0v) is 16.7. The van der Waals surface area contributed by atoms with E-state index in [0.717, 1.165) is 20.7 Å². The molecular formula is C14H14N8O2S3. The number of rotatable bonds is 6. The average molecular weight is 423 g/mol. The molecule has 4 aromatic rings. The number of aromatic nitrogens is 6. The maximum Gasteiger partial charge on any atom is 0.245 e. The van der Waals surface area contributed by atoms with Gasteiger partial charge in [-0.3, -0.25) is 9.59 Å². The molecule has 0 aliphatic heterocycles. The Hall–Kier alpha value is -2.38. The summed E-state index contributed by atoms with van der Waals surface area (Å²) in [5.41, 5.74) is 12.3. The number of hydrogen-bond donors (Lipinski definition) is 2. The molecule has 0 aliphatic rings. The molecule has 13 heteroatoms. The van der Waals surface area contributed by atoms with Gasteiger partial charge in [0.15, 0.2) is 16.0 Å². The molecule has 0 unspecified atom stereocenters. The van der Waals surface area contributed by atoms with E-state index < -0.39 is 11.8 Å². The Kier molecular flexibility index (Phi) is 4.44. The topological polar surface area (TPSA) is 147 Å². The number of aryl methyl sites for hydroxylation is 2. The predicted octanol–water partition coefficient (Wildman–Crippen LogP) is 0.758. The molecule has 0 bridgehead atoms. The zero-order valence-electron chi connectivity index (χ0n) is 14.3. The number of thiophene rings is 1. The van der Waals surface area contributed by atoms with E-state index in [1.165, 1.54) is 23.5 Å². The molecule has 0 saturated heterocycles. The number of amides is 2. The third-order valence-corrected chi connectivity index (χ3v) is 7.03. The third kappa shape index (κ3) is 2.91. The highest BCUT2D eigenvalue weighted by Crippen LogP contribution is 2.36. The highest BCUT2D eigenvalue weighted by Gasteiger charge is 2.23. The molecular weight excluding hydrogens is 408 g/mol. The molecule has 4 heterocycles. The summed E-state index contributed by atoms with van der Waals surface area (Å²) in [5.74, 6) is -0.216. The van der Waals surface area contributed by atoms with Crippen LogP contribution in [0.2, 0.25) is 0 Å². The fraction of sp³-hybridized carbons (Fsp3) is 0.286. The molecule has 0 saturated carbocycles. The van der Waals surface area contributed by atoms with Gasteiger partial charge >= 0.3 is 0 Å². The summed E-state index contributed by atoms with van der Waals surface area (Å²) in [7, 11) is 0. The number of nitrogens with zero attached hydrogens (tertiary/aromatic N) is 6. The molecule has 0 fully saturated rings. The molecule has 0 aliphatic carbocycles. The maximum atomic E-state index is 11.2. The van der Waals surface area contributed by atoms with Crippen LogP contribution < -0.4 is 11.5 Å². The molecule has 4 N–H and O–H groups in total. The summed E-state index contributed by atoms with van der Waals surface area (Å²) in [4.78, 5) is 24.4. The van der Waals surface area contributed by atoms with E-state index in [0.29, 0.717) is 21.7 Å². The maximum absolute atomic E-state index is 11.2. The molecule has 2 amide bonds. The van der Waals surface area contributed by atoms with Crippen molar-refractivity contribution in [2.75, 3.05) is 11.5 Å². The van der Waals surface area contributed by atoms with Gasteiger partial charge < -0.3 is 11.5 Å². The first-order valence-electron chi connectivity index (χ1n) is 7.72. The fourth-order valence-corrected chi connectivity index (χ4v) is 5.23. The Morgan fingerprint density at radius 1 is 0.963 bits per heavy atom. The number of fused-ring (bicyclic) bond motifs is 6. The number of thioether (sulfide) groups is 2. The van der Waals surface area contributed by atoms with Gasteiger partial charge in [-0.2, -0.15) is 0 Å². The number of primary amides is 2. The fourth-order valence-electron chi connectivity index (χ4n) is 2.69. The summed E-state index contributed by atoms with van der Waals surface area (Å²) in [6, 6.07) is 0. The van der Waals surface area contributed by atoms with E-state index in [-0.39, 0.29) is 11.5 Å². The lowest BCUT2D eigenvalue weighted by molar-refractivity contribution is -0.116. The molecule has 27 heavy (non-hydrogen) atoms. The molecule has 4 rings (SSSR count). The van der Waals surface area contributed by atoms with Crippen LogP contribution in [0.25, 0.3) is 21.6 Å². The monoisotopic (exact) mass is 422 g/mol. The van der Waals surface area contributed by atoms with E-state index in [2.05, 4.69) is 20.4 Å². The van der Waals surface area contributed by atoms with Gasteiger partial charge in [0.25, 0.3) is 0 Å². The summed E-state index contributed by atoms with van der Waals surface area (Å²) < 4.78 is 3.63. The minimum atomic E-state index is -0.449. The normalized spacial score (nSPS) is 11.8. The lowest BCUT2D eigenvalue weighted by atomic mass is 10.2. The summed E-state index contributed by atoms with van der Waals surface area (Å²) in [6.07, 6.45) is 0. The zero-order chi connectivity index (χ0) is 19.3. The number of carbonyl (C=O) groups excluding carboxylic acids is 2. The van der Waals surface area contributed by atoms with E-state index >= 15 is 0 Å². The third-order valence-electron chi connectivity index (χ3n) is 3.93. The Labute approximate surface area is 164 Å². The smallest absolute Gasteiger partial charge is 0.245 e. The first kappa shape index (κ1) is 18.0. The summed E-state index contributed by atoms with van der Waals surface area (Å²) in [6.45, 7) is 4.05. The van der Waals surface area contributed by atoms with Crippen molar-refractivity contribution in [1.82, 2.24) is 29.2 Å². The largest absolute Gasteiger partial charge is 0.369 e. The van der Waals surface area contributed by atoms with Gasteiger partial charge in [-0.15, -0.1) is 31.7 Å². The lowest BCUT2D eigenvalue weighted by Gasteiger charge is -2.05. The van der Waals surface area contributed by atoms with Crippen molar-refractivity contribution in [3.8, 4) is 0 Å². The molecule has 0 spiro atoms. The van der Waals surface area contributed by atoms with E-state index in [1.807, 2.05) is 18.2 Å². The van der Waals surface area contributed by atoms with Crippen LogP contribution in [0.5, 0.6) is 0 Å². The number of carbonyl (C=O) groups is 2. The first-order valence-corrected chi connectivity index (χ1v) is 10.5. The standard InChI is InChI=1S/C14H14N8O2S3/c1-5-6(2)27-11-9(5)10-17-19-13(25-3-7(15)23)21(10)12-18-20-14(22(11)12)26-4-8(16)24/h3-4H2,1-2H3,(H2,15,23)(H2,16,24). The second-order valence-electron chi connectivity index (χ2n) is 5.73. The molecule has 0 radical (unpaired) electrons. The minimum Gasteiger partial charge on any atom is -0.369 e. The molecule has 10 nitrogen and oxygen atoms in total. The van der Waals surface area contributed by atoms with Crippen molar-refractivity contribution in [1.29, 1.82) is 0 Å². The quantitative estimate of drug-likeness (QED) is 0.433. The van der Waals surface area contributed by atoms with Crippen LogP contribution >= 0.6 is 34.9 Å². The van der Waals surface area contributed by atoms with Crippen LogP contribution in [-0.2, 0) is 9.59 Å². The predicted molar refractivity (Wildman–Crippen MR) is 104 cm³/mol. The van der Waals surface area contributed by atoms with Crippen LogP contribution in [0, 0.1) is 13.8 Å². The van der Waals surface area contributed by atoms with Gasteiger partial charge in [0.05, 0.1) is 16.9 Å². The van der Waals surface area contributed by atoms with Crippen molar-refractivity contribution in [2.45, 2.75) is 24.2 Å². The van der Waals surface area contributed by atoms with Gasteiger partial charge in [0, 0.05) is 4.88 Å². The summed E-state index contributed by atoms with van der Waals surface area (Å²) >= 11 is 4.00. The van der Waals surface area contributed by atoms with Gasteiger partial charge in [0.2, 0.25) is 17.6 Å². The molecule has 0 aromatic carbocycles. The number of nitrogens with two attached hydrogens (primary N) is 2. The van der Waals surface area contributed by atoms with E-state index in [4.69, 9.17) is 11.5 Å². The van der Waals surface area contributed by atoms with Gasteiger partial charge in [-0.25, -0.2) is 8.80 Å². The molecule has 0 atom stereocenters. The van der Waals surface area contributed by atoms with Crippen LogP contribution in [0.4, 0.5) is 0 Å². The lowest BCUT2D eigenvalue weighted by Crippen LogP contribution is -2.13. The van der Waals surface area contributed by atoms with Crippen molar-refractivity contribution in [2.24, 2.45) is 11.5 Å². The Balaban J connectivity index is 2.05. The van der Waals surface area contributed by atoms with Gasteiger partial charge in [-0.05, 0) is 19.4 Å². The van der Waals surface area contributed by atoms with Crippen molar-refractivity contribution < 1.29 is 9.59 Å². The molecule has 4 aromatic heterocycles. The second-order valence-corrected chi connectivity index (χ2v) is 8.82. The van der Waals surface area contributed by atoms with Crippen LogP contribution in [0.1, 0.15) is 10.4 Å². The molecule has 140 valence electrons. The van der Waals surface area contributed by atoms with E-state index in [1.54, 1.807) is 15.7 Å². The average Bonchev–Trinajstić information content (AvgIpc) is 3.27. The van der Waals surface area contributed by atoms with Crippen molar-refractivity contribution in [3.63, 3.8) is 0 Å². The highest BCUT2D eigenvalue weighted by atomic mass is 32.2. The van der Waals surface area contributed by atoms with Crippen LogP contribution in [0.3, 0.4) is 0 Å². The Morgan fingerprint density at radius 2 is 1.56 bits per heavy atom.